The maximum Gasteiger partial charge on any atom is 0.677 e. The lowest BCUT2D eigenvalue weighted by Crippen LogP contribution is -2.29. The first-order valence-electron chi connectivity index (χ1n) is 9.11. The number of halogens is 4. The summed E-state index contributed by atoms with van der Waals surface area (Å²) in [6.45, 7) is 0. The molecule has 0 N–H and O–H groups in total. The van der Waals surface area contributed by atoms with Crippen molar-refractivity contribution in [2.45, 2.75) is 4.90 Å². The van der Waals surface area contributed by atoms with Gasteiger partial charge in [-0.2, -0.15) is 0 Å². The summed E-state index contributed by atoms with van der Waals surface area (Å²) in [6.07, 6.45) is 1.54. The number of nitrogens with zero attached hydrogens (tertiary/aromatic N) is 2. The van der Waals surface area contributed by atoms with Gasteiger partial charge >= 0.3 is 7.40 Å². The number of anilines is 1. The zero-order valence-electron chi connectivity index (χ0n) is 15.6. The van der Waals surface area contributed by atoms with Gasteiger partial charge < -0.3 is 4.81 Å². The van der Waals surface area contributed by atoms with Crippen LogP contribution in [-0.2, 0) is 0 Å². The van der Waals surface area contributed by atoms with E-state index in [-0.39, 0.29) is 0 Å². The molecule has 0 unspecified atom stereocenters. The first-order valence-corrected chi connectivity index (χ1v) is 12.2. The smallest absolute Gasteiger partial charge is 0.332 e. The van der Waals surface area contributed by atoms with E-state index < -0.39 is 7.40 Å². The predicted octanol–water partition coefficient (Wildman–Crippen LogP) is 7.44. The predicted molar refractivity (Wildman–Crippen MR) is 140 cm³/mol. The Bertz CT molecular complexity index is 1100. The Hall–Kier alpha value is -1.40. The van der Waals surface area contributed by atoms with Crippen molar-refractivity contribution >= 4 is 81.4 Å². The Kier molecular flexibility index (Phi) is 7.14. The molecule has 3 aromatic rings. The molecular formula is C22H15BF2I2N2S. The standard InChI is InChI=1S/C22H15BF2I2N2S/c24-23(25)29(19-11-7-17(27)8-12-19)13-15-14-30-21-4-2-1-3-20(21)22(15)28-18-9-5-16(26)6-10-18/h1-13H,14H2/b15-13+,28-22?. The lowest BCUT2D eigenvalue weighted by Gasteiger charge is -2.24. The Labute approximate surface area is 206 Å². The summed E-state index contributed by atoms with van der Waals surface area (Å²) >= 11 is 6.06. The Morgan fingerprint density at radius 1 is 0.900 bits per heavy atom. The van der Waals surface area contributed by atoms with Crippen molar-refractivity contribution in [3.05, 3.63) is 97.3 Å². The van der Waals surface area contributed by atoms with E-state index in [1.165, 1.54) is 0 Å². The highest BCUT2D eigenvalue weighted by atomic mass is 127. The van der Waals surface area contributed by atoms with E-state index >= 15 is 0 Å². The topological polar surface area (TPSA) is 15.6 Å². The molecule has 0 amide bonds. The van der Waals surface area contributed by atoms with Crippen LogP contribution in [0.5, 0.6) is 0 Å². The molecule has 1 aliphatic heterocycles. The lowest BCUT2D eigenvalue weighted by atomic mass is 10.0. The number of fused-ring (bicyclic) bond motifs is 1. The number of thioether (sulfide) groups is 1. The van der Waals surface area contributed by atoms with Gasteiger partial charge in [-0.25, -0.2) is 4.99 Å². The molecule has 150 valence electrons. The minimum absolute atomic E-state index is 0.454. The number of hydrogen-bond donors (Lipinski definition) is 0. The molecule has 0 aliphatic carbocycles. The number of rotatable bonds is 4. The summed E-state index contributed by atoms with van der Waals surface area (Å²) in [7, 11) is -2.65. The van der Waals surface area contributed by atoms with Crippen molar-refractivity contribution in [3.8, 4) is 0 Å². The molecule has 0 aromatic heterocycles. The highest BCUT2D eigenvalue weighted by molar-refractivity contribution is 14.1. The van der Waals surface area contributed by atoms with Crippen LogP contribution >= 0.6 is 56.9 Å². The molecule has 2 nitrogen and oxygen atoms in total. The van der Waals surface area contributed by atoms with Crippen LogP contribution in [0.3, 0.4) is 0 Å². The van der Waals surface area contributed by atoms with Gasteiger partial charge in [0, 0.05) is 40.8 Å². The average Bonchev–Trinajstić information content (AvgIpc) is 2.75. The largest absolute Gasteiger partial charge is 0.677 e. The van der Waals surface area contributed by atoms with E-state index in [2.05, 4.69) is 45.2 Å². The molecule has 0 spiro atoms. The minimum Gasteiger partial charge on any atom is -0.332 e. The van der Waals surface area contributed by atoms with E-state index in [0.717, 1.165) is 39.4 Å². The molecule has 0 saturated heterocycles. The zero-order chi connectivity index (χ0) is 21.1. The van der Waals surface area contributed by atoms with Crippen molar-refractivity contribution in [3.63, 3.8) is 0 Å². The molecule has 0 fully saturated rings. The SMILES string of the molecule is FB(F)N(/C=C1\CSc2ccccc2C1=Nc1ccc(I)cc1)c1ccc(I)cc1. The minimum atomic E-state index is -2.65. The third kappa shape index (κ3) is 5.08. The second-order valence-corrected chi connectivity index (χ2v) is 10.0. The fourth-order valence-corrected chi connectivity index (χ4v) is 4.82. The van der Waals surface area contributed by atoms with Gasteiger partial charge in [0.2, 0.25) is 0 Å². The van der Waals surface area contributed by atoms with Gasteiger partial charge in [-0.15, -0.1) is 11.8 Å². The van der Waals surface area contributed by atoms with Gasteiger partial charge in [0.25, 0.3) is 0 Å². The van der Waals surface area contributed by atoms with Crippen molar-refractivity contribution in [2.75, 3.05) is 10.6 Å². The first kappa shape index (κ1) is 21.8. The van der Waals surface area contributed by atoms with E-state index in [1.807, 2.05) is 60.7 Å². The van der Waals surface area contributed by atoms with Crippen LogP contribution in [-0.4, -0.2) is 18.9 Å². The van der Waals surface area contributed by atoms with Gasteiger partial charge in [0.1, 0.15) is 0 Å². The van der Waals surface area contributed by atoms with Crippen molar-refractivity contribution in [1.82, 2.24) is 0 Å². The third-order valence-corrected chi connectivity index (χ3v) is 7.09. The number of hydrogen-bond acceptors (Lipinski definition) is 3. The second kappa shape index (κ2) is 9.82. The maximum atomic E-state index is 14.0. The quantitative estimate of drug-likeness (QED) is 0.218. The molecule has 0 radical (unpaired) electrons. The van der Waals surface area contributed by atoms with Crippen LogP contribution in [0.15, 0.2) is 94.5 Å². The van der Waals surface area contributed by atoms with Gasteiger partial charge in [-0.1, -0.05) is 18.2 Å². The summed E-state index contributed by atoms with van der Waals surface area (Å²) < 4.78 is 30.1. The molecule has 1 aliphatic rings. The van der Waals surface area contributed by atoms with Gasteiger partial charge in [-0.05, 0) is 99.8 Å². The summed E-state index contributed by atoms with van der Waals surface area (Å²) in [5.41, 5.74) is 3.74. The zero-order valence-corrected chi connectivity index (χ0v) is 20.7. The highest BCUT2D eigenvalue weighted by Crippen LogP contribution is 2.35. The Balaban J connectivity index is 1.81. The molecule has 0 bridgehead atoms. The summed E-state index contributed by atoms with van der Waals surface area (Å²) in [4.78, 5) is 6.99. The second-order valence-electron chi connectivity index (χ2n) is 6.54. The van der Waals surface area contributed by atoms with E-state index in [0.29, 0.717) is 11.4 Å². The molecule has 0 saturated carbocycles. The van der Waals surface area contributed by atoms with Crippen LogP contribution < -0.4 is 4.81 Å². The van der Waals surface area contributed by atoms with Crippen LogP contribution in [0.25, 0.3) is 0 Å². The lowest BCUT2D eigenvalue weighted by molar-refractivity contribution is 0.655. The fourth-order valence-electron chi connectivity index (χ4n) is 3.08. The van der Waals surface area contributed by atoms with E-state index in [1.54, 1.807) is 30.1 Å². The van der Waals surface area contributed by atoms with Gasteiger partial charge in [0.15, 0.2) is 0 Å². The fraction of sp³-hybridized carbons (Fsp3) is 0.0455. The maximum absolute atomic E-state index is 14.0. The Morgan fingerprint density at radius 2 is 1.53 bits per heavy atom. The van der Waals surface area contributed by atoms with E-state index in [4.69, 9.17) is 4.99 Å². The van der Waals surface area contributed by atoms with Crippen molar-refractivity contribution < 1.29 is 8.63 Å². The summed E-state index contributed by atoms with van der Waals surface area (Å²) in [6, 6.07) is 22.9. The average molecular weight is 642 g/mol. The molecule has 8 heteroatoms. The van der Waals surface area contributed by atoms with Gasteiger partial charge in [0.05, 0.1) is 11.4 Å². The molecule has 4 rings (SSSR count). The molecule has 30 heavy (non-hydrogen) atoms. The van der Waals surface area contributed by atoms with Crippen molar-refractivity contribution in [2.24, 2.45) is 4.99 Å². The molecule has 0 atom stereocenters. The highest BCUT2D eigenvalue weighted by Gasteiger charge is 2.28. The van der Waals surface area contributed by atoms with Crippen LogP contribution in [0.4, 0.5) is 20.0 Å². The molecular weight excluding hydrogens is 627 g/mol. The normalized spacial score (nSPS) is 15.9. The van der Waals surface area contributed by atoms with E-state index in [9.17, 15) is 8.63 Å². The van der Waals surface area contributed by atoms with Gasteiger partial charge in [-0.3, -0.25) is 8.63 Å². The third-order valence-electron chi connectivity index (χ3n) is 4.53. The summed E-state index contributed by atoms with van der Waals surface area (Å²) in [5.74, 6) is 0.577. The molecule has 1 heterocycles. The van der Waals surface area contributed by atoms with Crippen LogP contribution in [0.2, 0.25) is 0 Å². The first-order chi connectivity index (χ1) is 14.5. The summed E-state index contributed by atoms with van der Waals surface area (Å²) in [5, 5.41) is 0. The number of benzene rings is 3. The van der Waals surface area contributed by atoms with Crippen LogP contribution in [0, 0.1) is 7.14 Å². The van der Waals surface area contributed by atoms with Crippen molar-refractivity contribution in [1.29, 1.82) is 0 Å². The number of aliphatic imine (C=N–C) groups is 1. The molecule has 3 aromatic carbocycles. The van der Waals surface area contributed by atoms with Crippen LogP contribution in [0.1, 0.15) is 5.56 Å². The Morgan fingerprint density at radius 3 is 2.20 bits per heavy atom. The monoisotopic (exact) mass is 642 g/mol.